The molecule has 0 aliphatic carbocycles. The monoisotopic (exact) mass is 274 g/mol. The van der Waals surface area contributed by atoms with E-state index in [2.05, 4.69) is 0 Å². The van der Waals surface area contributed by atoms with Gasteiger partial charge in [0.25, 0.3) is 0 Å². The van der Waals surface area contributed by atoms with Gasteiger partial charge in [-0.25, -0.2) is 0 Å². The van der Waals surface area contributed by atoms with Crippen LogP contribution in [0.15, 0.2) is 0 Å². The fourth-order valence-electron chi connectivity index (χ4n) is 1.30. The van der Waals surface area contributed by atoms with Crippen LogP contribution in [0.2, 0.25) is 0 Å². The van der Waals surface area contributed by atoms with Crippen molar-refractivity contribution in [3.63, 3.8) is 0 Å². The molecule has 0 aliphatic rings. The van der Waals surface area contributed by atoms with Gasteiger partial charge in [0.15, 0.2) is 0 Å². The molecule has 2 N–H and O–H groups in total. The van der Waals surface area contributed by atoms with Crippen molar-refractivity contribution in [1.29, 1.82) is 0 Å². The summed E-state index contributed by atoms with van der Waals surface area (Å²) in [5.74, 6) is -0.698. The predicted molar refractivity (Wildman–Crippen MR) is 74.0 cm³/mol. The van der Waals surface area contributed by atoms with Crippen LogP contribution in [0.25, 0.3) is 0 Å². The Kier molecular flexibility index (Phi) is 6.25. The molecule has 0 spiro atoms. The van der Waals surface area contributed by atoms with Crippen molar-refractivity contribution in [2.45, 2.75) is 40.7 Å². The van der Waals surface area contributed by atoms with Gasteiger partial charge in [-0.3, -0.25) is 9.59 Å². The zero-order valence-corrected chi connectivity index (χ0v) is 12.5. The van der Waals surface area contributed by atoms with Gasteiger partial charge < -0.3 is 15.4 Å². The number of hydrogen-bond acceptors (Lipinski definition) is 4. The third-order valence-electron chi connectivity index (χ3n) is 2.64. The molecular weight excluding hydrogens is 252 g/mol. The first-order chi connectivity index (χ1) is 8.14. The second kappa shape index (κ2) is 6.68. The maximum atomic E-state index is 12.3. The van der Waals surface area contributed by atoms with Crippen LogP contribution in [0.4, 0.5) is 0 Å². The van der Waals surface area contributed by atoms with Crippen molar-refractivity contribution in [3.8, 4) is 0 Å². The Morgan fingerprint density at radius 1 is 1.39 bits per heavy atom. The number of carbonyl (C=O) groups is 2. The second-order valence-corrected chi connectivity index (χ2v) is 5.26. The minimum Gasteiger partial charge on any atom is -0.465 e. The van der Waals surface area contributed by atoms with E-state index in [-0.39, 0.29) is 30.1 Å². The van der Waals surface area contributed by atoms with Gasteiger partial charge >= 0.3 is 5.97 Å². The SMILES string of the molecule is CCOC(=O)CN(C(=O)C(C)(C)C(N)=S)C(C)C. The number of rotatable bonds is 6. The number of esters is 1. The van der Waals surface area contributed by atoms with Crippen LogP contribution < -0.4 is 5.73 Å². The fourth-order valence-corrected chi connectivity index (χ4v) is 1.39. The van der Waals surface area contributed by atoms with Crippen LogP contribution in [-0.2, 0) is 14.3 Å². The number of nitrogens with zero attached hydrogens (tertiary/aromatic N) is 1. The van der Waals surface area contributed by atoms with Crippen molar-refractivity contribution < 1.29 is 14.3 Å². The van der Waals surface area contributed by atoms with Gasteiger partial charge in [0, 0.05) is 6.04 Å². The highest BCUT2D eigenvalue weighted by atomic mass is 32.1. The second-order valence-electron chi connectivity index (χ2n) is 4.82. The first-order valence-corrected chi connectivity index (χ1v) is 6.32. The highest BCUT2D eigenvalue weighted by molar-refractivity contribution is 7.80. The molecule has 0 aromatic carbocycles. The van der Waals surface area contributed by atoms with Crippen molar-refractivity contribution in [1.82, 2.24) is 4.90 Å². The molecule has 0 saturated carbocycles. The first-order valence-electron chi connectivity index (χ1n) is 5.91. The Bertz CT molecular complexity index is 340. The Balaban J connectivity index is 4.97. The maximum absolute atomic E-state index is 12.3. The van der Waals surface area contributed by atoms with E-state index in [1.54, 1.807) is 20.8 Å². The van der Waals surface area contributed by atoms with Gasteiger partial charge in [0.2, 0.25) is 5.91 Å². The molecule has 0 aromatic rings. The van der Waals surface area contributed by atoms with Crippen molar-refractivity contribution in [2.24, 2.45) is 11.1 Å². The van der Waals surface area contributed by atoms with Crippen molar-refractivity contribution >= 4 is 29.1 Å². The highest BCUT2D eigenvalue weighted by Crippen LogP contribution is 2.21. The van der Waals surface area contributed by atoms with E-state index in [0.29, 0.717) is 0 Å². The van der Waals surface area contributed by atoms with Gasteiger partial charge in [0.1, 0.15) is 6.54 Å². The predicted octanol–water partition coefficient (Wildman–Crippen LogP) is 1.10. The minimum absolute atomic E-state index is 0.0869. The van der Waals surface area contributed by atoms with Gasteiger partial charge in [-0.1, -0.05) is 12.2 Å². The van der Waals surface area contributed by atoms with Crippen LogP contribution in [-0.4, -0.2) is 41.0 Å². The first kappa shape index (κ1) is 16.8. The molecule has 0 aliphatic heterocycles. The molecule has 6 heteroatoms. The summed E-state index contributed by atoms with van der Waals surface area (Å²) in [5, 5.41) is 0. The summed E-state index contributed by atoms with van der Waals surface area (Å²) in [7, 11) is 0. The van der Waals surface area contributed by atoms with Crippen LogP contribution in [0.3, 0.4) is 0 Å². The Morgan fingerprint density at radius 3 is 2.22 bits per heavy atom. The summed E-state index contributed by atoms with van der Waals surface area (Å²) in [6.45, 7) is 8.88. The van der Waals surface area contributed by atoms with Crippen LogP contribution in [0, 0.1) is 5.41 Å². The molecule has 0 radical (unpaired) electrons. The lowest BCUT2D eigenvalue weighted by molar-refractivity contribution is -0.152. The Hall–Kier alpha value is -1.17. The highest BCUT2D eigenvalue weighted by Gasteiger charge is 2.36. The zero-order chi connectivity index (χ0) is 14.5. The third kappa shape index (κ3) is 4.25. The van der Waals surface area contributed by atoms with E-state index in [4.69, 9.17) is 22.7 Å². The molecule has 104 valence electrons. The van der Waals surface area contributed by atoms with E-state index >= 15 is 0 Å². The van der Waals surface area contributed by atoms with Gasteiger partial charge in [-0.2, -0.15) is 0 Å². The smallest absolute Gasteiger partial charge is 0.325 e. The number of nitrogens with two attached hydrogens (primary N) is 1. The van der Waals surface area contributed by atoms with E-state index < -0.39 is 11.4 Å². The molecule has 0 unspecified atom stereocenters. The summed E-state index contributed by atoms with van der Waals surface area (Å²) in [5.41, 5.74) is 4.60. The molecule has 0 saturated heterocycles. The molecule has 0 aromatic heterocycles. The number of thiocarbonyl (C=S) groups is 1. The number of amides is 1. The van der Waals surface area contributed by atoms with E-state index in [0.717, 1.165) is 0 Å². The molecule has 1 amide bonds. The van der Waals surface area contributed by atoms with E-state index in [1.807, 2.05) is 13.8 Å². The van der Waals surface area contributed by atoms with E-state index in [1.165, 1.54) is 4.90 Å². The molecule has 18 heavy (non-hydrogen) atoms. The maximum Gasteiger partial charge on any atom is 0.325 e. The lowest BCUT2D eigenvalue weighted by Crippen LogP contribution is -2.51. The standard InChI is InChI=1S/C12H22N2O3S/c1-6-17-9(15)7-14(8(2)3)11(16)12(4,5)10(13)18/h8H,6-7H2,1-5H3,(H2,13,18). The van der Waals surface area contributed by atoms with Gasteiger partial charge in [-0.05, 0) is 34.6 Å². The molecule has 0 rings (SSSR count). The van der Waals surface area contributed by atoms with Crippen molar-refractivity contribution in [2.75, 3.05) is 13.2 Å². The largest absolute Gasteiger partial charge is 0.465 e. The lowest BCUT2D eigenvalue weighted by Gasteiger charge is -2.33. The molecule has 0 fully saturated rings. The van der Waals surface area contributed by atoms with Gasteiger partial charge in [0.05, 0.1) is 17.0 Å². The lowest BCUT2D eigenvalue weighted by atomic mass is 9.91. The zero-order valence-electron chi connectivity index (χ0n) is 11.6. The summed E-state index contributed by atoms with van der Waals surface area (Å²) in [4.78, 5) is 25.4. The molecular formula is C12H22N2O3S. The number of ether oxygens (including phenoxy) is 1. The summed E-state index contributed by atoms with van der Waals surface area (Å²) >= 11 is 4.89. The molecule has 0 atom stereocenters. The quantitative estimate of drug-likeness (QED) is 0.580. The van der Waals surface area contributed by atoms with Crippen LogP contribution >= 0.6 is 12.2 Å². The summed E-state index contributed by atoms with van der Waals surface area (Å²) in [6.07, 6.45) is 0. The summed E-state index contributed by atoms with van der Waals surface area (Å²) < 4.78 is 4.85. The summed E-state index contributed by atoms with van der Waals surface area (Å²) in [6, 6.07) is -0.129. The number of carbonyl (C=O) groups excluding carboxylic acids is 2. The Labute approximate surface area is 114 Å². The molecule has 0 heterocycles. The molecule has 5 nitrogen and oxygen atoms in total. The van der Waals surface area contributed by atoms with Crippen molar-refractivity contribution in [3.05, 3.63) is 0 Å². The average molecular weight is 274 g/mol. The Morgan fingerprint density at radius 2 is 1.89 bits per heavy atom. The fraction of sp³-hybridized carbons (Fsp3) is 0.750. The molecule has 0 bridgehead atoms. The normalized spacial score (nSPS) is 11.2. The van der Waals surface area contributed by atoms with E-state index in [9.17, 15) is 9.59 Å². The van der Waals surface area contributed by atoms with Gasteiger partial charge in [-0.15, -0.1) is 0 Å². The average Bonchev–Trinajstić information content (AvgIpc) is 2.24. The minimum atomic E-state index is -0.966. The van der Waals surface area contributed by atoms with Crippen LogP contribution in [0.1, 0.15) is 34.6 Å². The third-order valence-corrected chi connectivity index (χ3v) is 3.15. The topological polar surface area (TPSA) is 72.6 Å². The number of hydrogen-bond donors (Lipinski definition) is 1. The van der Waals surface area contributed by atoms with Crippen LogP contribution in [0.5, 0.6) is 0 Å².